The summed E-state index contributed by atoms with van der Waals surface area (Å²) in [5.41, 5.74) is 2.43. The van der Waals surface area contributed by atoms with Crippen LogP contribution in [0.15, 0.2) is 43.0 Å². The molecule has 1 N–H and O–H groups in total. The number of aromatic amines is 1. The van der Waals surface area contributed by atoms with E-state index in [1.807, 2.05) is 24.9 Å². The molecule has 8 nitrogen and oxygen atoms in total. The standard InChI is InChI=1S/C21H20F3N7O/c1-12-9-30(11-18(32-12)15-7-27-29-13(15)2)20-25-6-5-16(28-20)17-8-26-19-4-3-14(10-31(17)19)21(22,23)24/h3-8,10,12,18H,9,11H2,1-2H3,(H,27,29)/t12-,18-/m1/s1. The molecule has 5 rings (SSSR count). The van der Waals surface area contributed by atoms with Gasteiger partial charge in [-0.3, -0.25) is 9.50 Å². The Bertz CT molecular complexity index is 1270. The van der Waals surface area contributed by atoms with Crippen LogP contribution >= 0.6 is 0 Å². The average molecular weight is 443 g/mol. The largest absolute Gasteiger partial charge is 0.417 e. The molecule has 4 aromatic rings. The van der Waals surface area contributed by atoms with Gasteiger partial charge in [-0.25, -0.2) is 15.0 Å². The predicted octanol–water partition coefficient (Wildman–Crippen LogP) is 3.81. The molecule has 1 aliphatic heterocycles. The third kappa shape index (κ3) is 3.68. The van der Waals surface area contributed by atoms with Crippen molar-refractivity contribution < 1.29 is 17.9 Å². The number of rotatable bonds is 3. The van der Waals surface area contributed by atoms with Crippen LogP contribution in [-0.4, -0.2) is 48.7 Å². The second kappa shape index (κ2) is 7.59. The predicted molar refractivity (Wildman–Crippen MR) is 110 cm³/mol. The number of alkyl halides is 3. The number of H-pyrrole nitrogens is 1. The first-order valence-electron chi connectivity index (χ1n) is 10.1. The number of morpholine rings is 1. The third-order valence-corrected chi connectivity index (χ3v) is 5.50. The van der Waals surface area contributed by atoms with E-state index in [1.165, 1.54) is 16.7 Å². The number of fused-ring (bicyclic) bond motifs is 1. The normalized spacial score (nSPS) is 19.6. The van der Waals surface area contributed by atoms with Crippen molar-refractivity contribution in [1.82, 2.24) is 29.5 Å². The van der Waals surface area contributed by atoms with Crippen molar-refractivity contribution in [2.75, 3.05) is 18.0 Å². The van der Waals surface area contributed by atoms with Crippen molar-refractivity contribution in [1.29, 1.82) is 0 Å². The molecule has 0 aliphatic carbocycles. The maximum atomic E-state index is 13.2. The zero-order valence-electron chi connectivity index (χ0n) is 17.3. The van der Waals surface area contributed by atoms with Gasteiger partial charge in [0.1, 0.15) is 11.8 Å². The maximum Gasteiger partial charge on any atom is 0.417 e. The molecular weight excluding hydrogens is 423 g/mol. The SMILES string of the molecule is Cc1n[nH]cc1[C@H]1CN(c2nccc(-c3cnc4ccc(C(F)(F)F)cn34)n2)C[C@@H](C)O1. The third-order valence-electron chi connectivity index (χ3n) is 5.50. The first kappa shape index (κ1) is 20.4. The van der Waals surface area contributed by atoms with E-state index in [0.717, 1.165) is 23.5 Å². The van der Waals surface area contributed by atoms with E-state index in [9.17, 15) is 13.2 Å². The second-order valence-electron chi connectivity index (χ2n) is 7.80. The fourth-order valence-corrected chi connectivity index (χ4v) is 3.96. The molecular formula is C21H20F3N7O. The molecule has 166 valence electrons. The number of anilines is 1. The average Bonchev–Trinajstić information content (AvgIpc) is 3.38. The number of halogens is 3. The first-order chi connectivity index (χ1) is 15.3. The fraction of sp³-hybridized carbons (Fsp3) is 0.333. The topological polar surface area (TPSA) is 84.2 Å². The number of nitrogens with zero attached hydrogens (tertiary/aromatic N) is 6. The van der Waals surface area contributed by atoms with Gasteiger partial charge in [-0.15, -0.1) is 0 Å². The minimum absolute atomic E-state index is 0.0690. The molecule has 1 aliphatic rings. The molecule has 11 heteroatoms. The van der Waals surface area contributed by atoms with Crippen molar-refractivity contribution in [3.05, 3.63) is 59.8 Å². The Labute approximate surface area is 181 Å². The van der Waals surface area contributed by atoms with Crippen molar-refractivity contribution in [2.45, 2.75) is 32.2 Å². The molecule has 4 aromatic heterocycles. The van der Waals surface area contributed by atoms with E-state index in [0.29, 0.717) is 36.1 Å². The Balaban J connectivity index is 1.49. The highest BCUT2D eigenvalue weighted by atomic mass is 19.4. The summed E-state index contributed by atoms with van der Waals surface area (Å²) in [7, 11) is 0. The molecule has 0 radical (unpaired) electrons. The van der Waals surface area contributed by atoms with Crippen LogP contribution in [0.5, 0.6) is 0 Å². The number of ether oxygens (including phenoxy) is 1. The summed E-state index contributed by atoms with van der Waals surface area (Å²) >= 11 is 0. The minimum atomic E-state index is -4.45. The van der Waals surface area contributed by atoms with E-state index < -0.39 is 11.7 Å². The second-order valence-corrected chi connectivity index (χ2v) is 7.80. The summed E-state index contributed by atoms with van der Waals surface area (Å²) in [5, 5.41) is 7.03. The van der Waals surface area contributed by atoms with Crippen molar-refractivity contribution >= 4 is 11.6 Å². The molecule has 5 heterocycles. The molecule has 0 amide bonds. The monoisotopic (exact) mass is 443 g/mol. The summed E-state index contributed by atoms with van der Waals surface area (Å²) in [6.07, 6.45) is 1.26. The number of hydrogen-bond donors (Lipinski definition) is 1. The number of imidazole rings is 1. The Morgan fingerprint density at radius 1 is 1.16 bits per heavy atom. The van der Waals surface area contributed by atoms with E-state index in [-0.39, 0.29) is 12.2 Å². The zero-order chi connectivity index (χ0) is 22.5. The van der Waals surface area contributed by atoms with E-state index >= 15 is 0 Å². The van der Waals surface area contributed by atoms with E-state index in [2.05, 4.69) is 25.1 Å². The van der Waals surface area contributed by atoms with Gasteiger partial charge in [0.2, 0.25) is 5.95 Å². The number of aryl methyl sites for hydroxylation is 1. The van der Waals surface area contributed by atoms with Crippen LogP contribution in [0.4, 0.5) is 19.1 Å². The van der Waals surface area contributed by atoms with Crippen LogP contribution in [0, 0.1) is 6.92 Å². The lowest BCUT2D eigenvalue weighted by Gasteiger charge is -2.36. The highest BCUT2D eigenvalue weighted by Crippen LogP contribution is 2.32. The van der Waals surface area contributed by atoms with E-state index in [4.69, 9.17) is 4.74 Å². The summed E-state index contributed by atoms with van der Waals surface area (Å²) < 4.78 is 47.1. The summed E-state index contributed by atoms with van der Waals surface area (Å²) in [4.78, 5) is 15.3. The maximum absolute atomic E-state index is 13.2. The van der Waals surface area contributed by atoms with Gasteiger partial charge in [-0.1, -0.05) is 0 Å². The van der Waals surface area contributed by atoms with Gasteiger partial charge < -0.3 is 9.64 Å². The van der Waals surface area contributed by atoms with Gasteiger partial charge in [-0.2, -0.15) is 18.3 Å². The quantitative estimate of drug-likeness (QED) is 0.519. The van der Waals surface area contributed by atoms with Gasteiger partial charge in [0.05, 0.1) is 41.5 Å². The van der Waals surface area contributed by atoms with Crippen molar-refractivity contribution in [3.63, 3.8) is 0 Å². The lowest BCUT2D eigenvalue weighted by molar-refractivity contribution is -0.137. The van der Waals surface area contributed by atoms with Crippen molar-refractivity contribution in [2.24, 2.45) is 0 Å². The molecule has 1 fully saturated rings. The molecule has 0 aromatic carbocycles. The number of aromatic nitrogens is 6. The Kier molecular flexibility index (Phi) is 4.85. The Morgan fingerprint density at radius 3 is 2.75 bits per heavy atom. The van der Waals surface area contributed by atoms with Gasteiger partial charge in [0.25, 0.3) is 0 Å². The Morgan fingerprint density at radius 2 is 2.00 bits per heavy atom. The van der Waals surface area contributed by atoms with Crippen LogP contribution in [0.3, 0.4) is 0 Å². The fourth-order valence-electron chi connectivity index (χ4n) is 3.96. The van der Waals surface area contributed by atoms with E-state index in [1.54, 1.807) is 12.3 Å². The molecule has 0 unspecified atom stereocenters. The number of nitrogens with one attached hydrogen (secondary N) is 1. The number of hydrogen-bond acceptors (Lipinski definition) is 6. The summed E-state index contributed by atoms with van der Waals surface area (Å²) in [6.45, 7) is 5.00. The van der Waals surface area contributed by atoms with Crippen LogP contribution in [0.25, 0.3) is 17.0 Å². The zero-order valence-corrected chi connectivity index (χ0v) is 17.3. The molecule has 0 bridgehead atoms. The summed E-state index contributed by atoms with van der Waals surface area (Å²) in [6, 6.07) is 4.02. The van der Waals surface area contributed by atoms with Gasteiger partial charge >= 0.3 is 6.18 Å². The van der Waals surface area contributed by atoms with Gasteiger partial charge in [-0.05, 0) is 32.0 Å². The van der Waals surface area contributed by atoms with Crippen LogP contribution in [-0.2, 0) is 10.9 Å². The molecule has 1 saturated heterocycles. The smallest absolute Gasteiger partial charge is 0.367 e. The lowest BCUT2D eigenvalue weighted by atomic mass is 10.1. The molecule has 2 atom stereocenters. The lowest BCUT2D eigenvalue weighted by Crippen LogP contribution is -2.43. The van der Waals surface area contributed by atoms with Crippen LogP contribution < -0.4 is 4.90 Å². The minimum Gasteiger partial charge on any atom is -0.367 e. The van der Waals surface area contributed by atoms with Gasteiger partial charge in [0.15, 0.2) is 0 Å². The number of pyridine rings is 1. The van der Waals surface area contributed by atoms with Gasteiger partial charge in [0, 0.05) is 30.7 Å². The van der Waals surface area contributed by atoms with Crippen molar-refractivity contribution in [3.8, 4) is 11.4 Å². The summed E-state index contributed by atoms with van der Waals surface area (Å²) in [5.74, 6) is 0.478. The highest BCUT2D eigenvalue weighted by molar-refractivity contribution is 5.61. The van der Waals surface area contributed by atoms with Crippen LogP contribution in [0.2, 0.25) is 0 Å². The molecule has 0 spiro atoms. The molecule has 32 heavy (non-hydrogen) atoms. The highest BCUT2D eigenvalue weighted by Gasteiger charge is 2.32. The first-order valence-corrected chi connectivity index (χ1v) is 10.1. The molecule has 0 saturated carbocycles. The van der Waals surface area contributed by atoms with Crippen LogP contribution in [0.1, 0.15) is 29.8 Å². The Hall–Kier alpha value is -3.47.